The van der Waals surface area contributed by atoms with Crippen LogP contribution in [0, 0.1) is 11.7 Å². The predicted octanol–water partition coefficient (Wildman–Crippen LogP) is 3.61. The second-order valence-electron chi connectivity index (χ2n) is 4.49. The maximum absolute atomic E-state index is 10.0. The van der Waals surface area contributed by atoms with Crippen LogP contribution < -0.4 is 0 Å². The third-order valence-corrected chi connectivity index (χ3v) is 3.45. The highest BCUT2D eigenvalue weighted by atomic mass is 32.1. The number of aromatic amines is 1. The molecule has 1 aromatic heterocycles. The zero-order valence-corrected chi connectivity index (χ0v) is 11.7. The molecule has 0 radical (unpaired) electrons. The lowest BCUT2D eigenvalue weighted by atomic mass is 10.1. The van der Waals surface area contributed by atoms with Crippen LogP contribution in [0.4, 0.5) is 0 Å². The van der Waals surface area contributed by atoms with Crippen LogP contribution in [-0.4, -0.2) is 19.9 Å². The number of aromatic hydroxyl groups is 1. The Morgan fingerprint density at radius 2 is 1.80 bits per heavy atom. The molecule has 0 aliphatic heterocycles. The molecule has 0 saturated carbocycles. The van der Waals surface area contributed by atoms with Crippen molar-refractivity contribution in [2.45, 2.75) is 6.92 Å². The summed E-state index contributed by atoms with van der Waals surface area (Å²) in [5.74, 6) is 0.777. The van der Waals surface area contributed by atoms with Gasteiger partial charge in [0.2, 0.25) is 0 Å². The molecule has 5 heteroatoms. The number of aromatic nitrogens is 3. The molecular formula is C15H13N3OS. The van der Waals surface area contributed by atoms with E-state index in [1.165, 1.54) is 0 Å². The molecule has 0 amide bonds. The molecule has 0 bridgehead atoms. The Balaban J connectivity index is 2.29. The first kappa shape index (κ1) is 12.6. The van der Waals surface area contributed by atoms with Crippen molar-refractivity contribution in [1.82, 2.24) is 14.8 Å². The summed E-state index contributed by atoms with van der Waals surface area (Å²) in [6, 6.07) is 15.0. The van der Waals surface area contributed by atoms with Crippen molar-refractivity contribution in [1.29, 1.82) is 0 Å². The van der Waals surface area contributed by atoms with Crippen LogP contribution in [0.5, 0.6) is 5.75 Å². The van der Waals surface area contributed by atoms with Gasteiger partial charge in [-0.1, -0.05) is 30.3 Å². The molecular weight excluding hydrogens is 270 g/mol. The lowest BCUT2D eigenvalue weighted by Gasteiger charge is -2.10. The normalized spacial score (nSPS) is 10.7. The van der Waals surface area contributed by atoms with Gasteiger partial charge >= 0.3 is 0 Å². The fourth-order valence-electron chi connectivity index (χ4n) is 2.18. The number of hydrogen-bond donors (Lipinski definition) is 2. The second-order valence-corrected chi connectivity index (χ2v) is 4.88. The number of phenols is 1. The lowest BCUT2D eigenvalue weighted by molar-refractivity contribution is 0.476. The Morgan fingerprint density at radius 1 is 1.10 bits per heavy atom. The SMILES string of the molecule is Cc1ccccc1-n1c(-c2ccccc2O)n[nH]c1=S. The van der Waals surface area contributed by atoms with Crippen molar-refractivity contribution < 1.29 is 5.11 Å². The first-order valence-electron chi connectivity index (χ1n) is 6.20. The molecule has 100 valence electrons. The Hall–Kier alpha value is -2.40. The van der Waals surface area contributed by atoms with Crippen molar-refractivity contribution in [2.24, 2.45) is 0 Å². The predicted molar refractivity (Wildman–Crippen MR) is 80.6 cm³/mol. The van der Waals surface area contributed by atoms with E-state index in [1.54, 1.807) is 12.1 Å². The molecule has 0 aliphatic carbocycles. The van der Waals surface area contributed by atoms with Crippen LogP contribution in [0.2, 0.25) is 0 Å². The highest BCUT2D eigenvalue weighted by Crippen LogP contribution is 2.29. The first-order valence-corrected chi connectivity index (χ1v) is 6.61. The van der Waals surface area contributed by atoms with Gasteiger partial charge in [0.25, 0.3) is 0 Å². The summed E-state index contributed by atoms with van der Waals surface area (Å²) in [5, 5.41) is 17.1. The molecule has 0 saturated heterocycles. The van der Waals surface area contributed by atoms with Crippen LogP contribution in [0.3, 0.4) is 0 Å². The van der Waals surface area contributed by atoms with Crippen LogP contribution in [0.25, 0.3) is 17.1 Å². The highest BCUT2D eigenvalue weighted by Gasteiger charge is 2.14. The molecule has 0 atom stereocenters. The number of phenolic OH excluding ortho intramolecular Hbond substituents is 1. The maximum atomic E-state index is 10.0. The monoisotopic (exact) mass is 283 g/mol. The quantitative estimate of drug-likeness (QED) is 0.706. The summed E-state index contributed by atoms with van der Waals surface area (Å²) >= 11 is 5.32. The average molecular weight is 283 g/mol. The number of H-pyrrole nitrogens is 1. The number of hydrogen-bond acceptors (Lipinski definition) is 3. The Kier molecular flexibility index (Phi) is 3.12. The van der Waals surface area contributed by atoms with E-state index < -0.39 is 0 Å². The average Bonchev–Trinajstić information content (AvgIpc) is 2.82. The van der Waals surface area contributed by atoms with Crippen LogP contribution >= 0.6 is 12.2 Å². The fourth-order valence-corrected chi connectivity index (χ4v) is 2.41. The third kappa shape index (κ3) is 2.02. The highest BCUT2D eigenvalue weighted by molar-refractivity contribution is 7.71. The molecule has 1 heterocycles. The van der Waals surface area contributed by atoms with E-state index in [1.807, 2.05) is 47.9 Å². The lowest BCUT2D eigenvalue weighted by Crippen LogP contribution is -2.00. The largest absolute Gasteiger partial charge is 0.507 e. The minimum absolute atomic E-state index is 0.177. The van der Waals surface area contributed by atoms with E-state index in [4.69, 9.17) is 12.2 Å². The van der Waals surface area contributed by atoms with Gasteiger partial charge in [-0.25, -0.2) is 0 Å². The van der Waals surface area contributed by atoms with E-state index >= 15 is 0 Å². The summed E-state index contributed by atoms with van der Waals surface area (Å²) < 4.78 is 2.33. The summed E-state index contributed by atoms with van der Waals surface area (Å²) in [5.41, 5.74) is 2.68. The van der Waals surface area contributed by atoms with Gasteiger partial charge in [-0.15, -0.1) is 0 Å². The summed E-state index contributed by atoms with van der Waals surface area (Å²) in [6.45, 7) is 2.01. The van der Waals surface area contributed by atoms with E-state index in [2.05, 4.69) is 10.2 Å². The first-order chi connectivity index (χ1) is 9.68. The van der Waals surface area contributed by atoms with Crippen LogP contribution in [0.1, 0.15) is 5.56 Å². The van der Waals surface area contributed by atoms with E-state index in [9.17, 15) is 5.11 Å². The van der Waals surface area contributed by atoms with Gasteiger partial charge < -0.3 is 5.11 Å². The zero-order chi connectivity index (χ0) is 14.1. The van der Waals surface area contributed by atoms with Crippen molar-refractivity contribution in [3.05, 3.63) is 58.9 Å². The number of aryl methyl sites for hydroxylation is 1. The molecule has 3 rings (SSSR count). The zero-order valence-electron chi connectivity index (χ0n) is 10.9. The van der Waals surface area contributed by atoms with Gasteiger partial charge in [0.15, 0.2) is 10.6 Å². The van der Waals surface area contributed by atoms with Crippen LogP contribution in [-0.2, 0) is 0 Å². The Bertz CT molecular complexity index is 820. The molecule has 4 nitrogen and oxygen atoms in total. The Morgan fingerprint density at radius 3 is 2.55 bits per heavy atom. The summed E-state index contributed by atoms with van der Waals surface area (Å²) in [6.07, 6.45) is 0. The van der Waals surface area contributed by atoms with Gasteiger partial charge in [-0.3, -0.25) is 9.67 Å². The van der Waals surface area contributed by atoms with E-state index in [-0.39, 0.29) is 5.75 Å². The summed E-state index contributed by atoms with van der Waals surface area (Å²) in [7, 11) is 0. The van der Waals surface area contributed by atoms with Crippen molar-refractivity contribution >= 4 is 12.2 Å². The van der Waals surface area contributed by atoms with Crippen LogP contribution in [0.15, 0.2) is 48.5 Å². The third-order valence-electron chi connectivity index (χ3n) is 3.17. The standard InChI is InChI=1S/C15H13N3OS/c1-10-6-2-4-8-12(10)18-14(16-17-15(18)20)11-7-3-5-9-13(11)19/h2-9,19H,1H3,(H,17,20). The number of para-hydroxylation sites is 2. The summed E-state index contributed by atoms with van der Waals surface area (Å²) in [4.78, 5) is 0. The molecule has 2 N–H and O–H groups in total. The molecule has 0 unspecified atom stereocenters. The minimum Gasteiger partial charge on any atom is -0.507 e. The van der Waals surface area contributed by atoms with Crippen molar-refractivity contribution in [2.75, 3.05) is 0 Å². The van der Waals surface area contributed by atoms with Gasteiger partial charge in [-0.05, 0) is 42.9 Å². The molecule has 0 aliphatic rings. The van der Waals surface area contributed by atoms with Crippen molar-refractivity contribution in [3.63, 3.8) is 0 Å². The van der Waals surface area contributed by atoms with Gasteiger partial charge in [-0.2, -0.15) is 5.10 Å². The molecule has 2 aromatic carbocycles. The molecule has 0 spiro atoms. The van der Waals surface area contributed by atoms with E-state index in [0.29, 0.717) is 16.2 Å². The Labute approximate surface area is 121 Å². The fraction of sp³-hybridized carbons (Fsp3) is 0.0667. The van der Waals surface area contributed by atoms with Gasteiger partial charge in [0.1, 0.15) is 5.75 Å². The minimum atomic E-state index is 0.177. The second kappa shape index (κ2) is 4.94. The number of benzene rings is 2. The van der Waals surface area contributed by atoms with Crippen molar-refractivity contribution in [3.8, 4) is 22.8 Å². The van der Waals surface area contributed by atoms with Gasteiger partial charge in [0, 0.05) is 0 Å². The molecule has 3 aromatic rings. The van der Waals surface area contributed by atoms with E-state index in [0.717, 1.165) is 11.3 Å². The smallest absolute Gasteiger partial charge is 0.200 e. The topological polar surface area (TPSA) is 53.8 Å². The number of nitrogens with zero attached hydrogens (tertiary/aromatic N) is 2. The number of rotatable bonds is 2. The maximum Gasteiger partial charge on any atom is 0.200 e. The number of nitrogens with one attached hydrogen (secondary N) is 1. The van der Waals surface area contributed by atoms with Gasteiger partial charge in [0.05, 0.1) is 11.3 Å². The molecule has 20 heavy (non-hydrogen) atoms. The molecule has 0 fully saturated rings.